The molecule has 0 unspecified atom stereocenters. The van der Waals surface area contributed by atoms with Crippen LogP contribution in [-0.4, -0.2) is 62.2 Å². The molecular formula is C14H14N2O7. The van der Waals surface area contributed by atoms with Crippen molar-refractivity contribution in [3.63, 3.8) is 0 Å². The molecule has 9 nitrogen and oxygen atoms in total. The van der Waals surface area contributed by atoms with Gasteiger partial charge >= 0.3 is 17.9 Å². The molecule has 0 bridgehead atoms. The van der Waals surface area contributed by atoms with Crippen molar-refractivity contribution in [3.8, 4) is 0 Å². The molecule has 122 valence electrons. The Kier molecular flexibility index (Phi) is 4.06. The predicted octanol–water partition coefficient (Wildman–Crippen LogP) is -0.534. The lowest BCUT2D eigenvalue weighted by atomic mass is 9.98. The number of carboxylic acids is 3. The van der Waals surface area contributed by atoms with Crippen LogP contribution in [0.1, 0.15) is 27.1 Å². The number of carbonyl (C=O) groups excluding carboxylic acids is 1. The van der Waals surface area contributed by atoms with Crippen LogP contribution in [0, 0.1) is 0 Å². The second-order valence-corrected chi connectivity index (χ2v) is 5.34. The number of amides is 1. The third kappa shape index (κ3) is 2.99. The van der Waals surface area contributed by atoms with Gasteiger partial charge in [-0.25, -0.2) is 9.59 Å². The van der Waals surface area contributed by atoms with E-state index in [0.29, 0.717) is 0 Å². The summed E-state index contributed by atoms with van der Waals surface area (Å²) in [4.78, 5) is 46.6. The summed E-state index contributed by atoms with van der Waals surface area (Å²) in [6, 6.07) is 3.52. The molecule has 1 aliphatic heterocycles. The zero-order valence-electron chi connectivity index (χ0n) is 11.8. The quantitative estimate of drug-likeness (QED) is 0.575. The minimum Gasteiger partial charge on any atom is -0.480 e. The molecule has 1 aromatic rings. The SMILES string of the molecule is N[C@]1(C(=O)O)C[C@H](C(=O)O)N(C(=O)c2ccc(C(=O)O)cc2)C1. The van der Waals surface area contributed by atoms with E-state index in [9.17, 15) is 24.3 Å². The maximum absolute atomic E-state index is 12.4. The second-order valence-electron chi connectivity index (χ2n) is 5.34. The molecule has 1 amide bonds. The first kappa shape index (κ1) is 16.4. The average Bonchev–Trinajstić information content (AvgIpc) is 2.86. The Labute approximate surface area is 129 Å². The maximum Gasteiger partial charge on any atom is 0.335 e. The highest BCUT2D eigenvalue weighted by molar-refractivity contribution is 5.99. The molecule has 2 rings (SSSR count). The highest BCUT2D eigenvalue weighted by atomic mass is 16.4. The molecule has 1 aliphatic rings. The van der Waals surface area contributed by atoms with Gasteiger partial charge in [-0.05, 0) is 24.3 Å². The second kappa shape index (κ2) is 5.69. The summed E-state index contributed by atoms with van der Waals surface area (Å²) in [6.07, 6.45) is -0.406. The molecule has 5 N–H and O–H groups in total. The standard InChI is InChI=1S/C14H14N2O7/c15-14(13(22)23)5-9(12(20)21)16(6-14)10(17)7-1-3-8(4-2-7)11(18)19/h1-4,9H,5-6,15H2,(H,18,19)(H,20,21)(H,22,23)/t9-,14-/m1/s1. The molecule has 9 heteroatoms. The number of hydrogen-bond acceptors (Lipinski definition) is 5. The lowest BCUT2D eigenvalue weighted by molar-refractivity contribution is -0.143. The van der Waals surface area contributed by atoms with Crippen molar-refractivity contribution in [1.29, 1.82) is 0 Å². The molecule has 0 saturated carbocycles. The fourth-order valence-corrected chi connectivity index (χ4v) is 2.44. The van der Waals surface area contributed by atoms with Crippen molar-refractivity contribution in [2.45, 2.75) is 18.0 Å². The molecule has 0 spiro atoms. The van der Waals surface area contributed by atoms with Gasteiger partial charge in [0.15, 0.2) is 0 Å². The van der Waals surface area contributed by atoms with Gasteiger partial charge in [-0.2, -0.15) is 0 Å². The Hall–Kier alpha value is -2.94. The summed E-state index contributed by atoms with van der Waals surface area (Å²) >= 11 is 0. The van der Waals surface area contributed by atoms with Gasteiger partial charge in [0, 0.05) is 12.0 Å². The van der Waals surface area contributed by atoms with Crippen molar-refractivity contribution in [3.05, 3.63) is 35.4 Å². The van der Waals surface area contributed by atoms with Crippen LogP contribution in [0.5, 0.6) is 0 Å². The minimum atomic E-state index is -1.83. The van der Waals surface area contributed by atoms with Gasteiger partial charge in [0.25, 0.3) is 5.91 Å². The van der Waals surface area contributed by atoms with Crippen LogP contribution < -0.4 is 5.73 Å². The first-order valence-electron chi connectivity index (χ1n) is 6.55. The summed E-state index contributed by atoms with van der Waals surface area (Å²) in [5.74, 6) is -4.63. The van der Waals surface area contributed by atoms with E-state index in [0.717, 1.165) is 4.90 Å². The largest absolute Gasteiger partial charge is 0.480 e. The molecule has 23 heavy (non-hydrogen) atoms. The van der Waals surface area contributed by atoms with Crippen molar-refractivity contribution >= 4 is 23.8 Å². The van der Waals surface area contributed by atoms with E-state index in [1.165, 1.54) is 24.3 Å². The molecular weight excluding hydrogens is 308 g/mol. The van der Waals surface area contributed by atoms with Crippen LogP contribution in [0.2, 0.25) is 0 Å². The predicted molar refractivity (Wildman–Crippen MR) is 75.0 cm³/mol. The summed E-state index contributed by atoms with van der Waals surface area (Å²) in [5, 5.41) is 27.1. The Morgan fingerprint density at radius 2 is 1.57 bits per heavy atom. The van der Waals surface area contributed by atoms with E-state index in [4.69, 9.17) is 15.9 Å². The summed E-state index contributed by atoms with van der Waals surface area (Å²) in [6.45, 7) is -0.446. The third-order valence-electron chi connectivity index (χ3n) is 3.74. The van der Waals surface area contributed by atoms with Crippen LogP contribution in [-0.2, 0) is 9.59 Å². The van der Waals surface area contributed by atoms with Gasteiger partial charge < -0.3 is 26.0 Å². The summed E-state index contributed by atoms with van der Waals surface area (Å²) in [7, 11) is 0. The number of aliphatic carboxylic acids is 2. The van der Waals surface area contributed by atoms with Gasteiger partial charge in [0.1, 0.15) is 11.6 Å². The zero-order valence-corrected chi connectivity index (χ0v) is 11.8. The number of carbonyl (C=O) groups is 4. The number of nitrogens with zero attached hydrogens (tertiary/aromatic N) is 1. The van der Waals surface area contributed by atoms with E-state index < -0.39 is 48.4 Å². The molecule has 0 aliphatic carbocycles. The van der Waals surface area contributed by atoms with Crippen molar-refractivity contribution in [1.82, 2.24) is 4.90 Å². The van der Waals surface area contributed by atoms with Crippen LogP contribution in [0.4, 0.5) is 0 Å². The Bertz CT molecular complexity index is 685. The highest BCUT2D eigenvalue weighted by Crippen LogP contribution is 2.27. The fraction of sp³-hybridized carbons (Fsp3) is 0.286. The van der Waals surface area contributed by atoms with Gasteiger partial charge in [0.05, 0.1) is 12.1 Å². The van der Waals surface area contributed by atoms with Crippen molar-refractivity contribution in [2.24, 2.45) is 5.73 Å². The van der Waals surface area contributed by atoms with Crippen LogP contribution in [0.3, 0.4) is 0 Å². The van der Waals surface area contributed by atoms with Crippen molar-refractivity contribution in [2.75, 3.05) is 6.54 Å². The zero-order chi connectivity index (χ0) is 17.4. The first-order chi connectivity index (χ1) is 10.7. The van der Waals surface area contributed by atoms with E-state index >= 15 is 0 Å². The molecule has 1 saturated heterocycles. The van der Waals surface area contributed by atoms with Gasteiger partial charge in [-0.1, -0.05) is 0 Å². The number of nitrogens with two attached hydrogens (primary N) is 1. The lowest BCUT2D eigenvalue weighted by Gasteiger charge is -2.22. The molecule has 1 heterocycles. The number of aromatic carboxylic acids is 1. The number of hydrogen-bond donors (Lipinski definition) is 4. The monoisotopic (exact) mass is 322 g/mol. The summed E-state index contributed by atoms with van der Waals surface area (Å²) < 4.78 is 0. The summed E-state index contributed by atoms with van der Waals surface area (Å²) in [5.41, 5.74) is 3.85. The van der Waals surface area contributed by atoms with Gasteiger partial charge in [-0.3, -0.25) is 9.59 Å². The normalized spacial score (nSPS) is 23.5. The number of carboxylic acid groups (broad SMARTS) is 3. The number of likely N-dealkylation sites (tertiary alicyclic amines) is 1. The number of benzene rings is 1. The third-order valence-corrected chi connectivity index (χ3v) is 3.74. The first-order valence-corrected chi connectivity index (χ1v) is 6.55. The van der Waals surface area contributed by atoms with E-state index in [-0.39, 0.29) is 11.1 Å². The Balaban J connectivity index is 2.31. The van der Waals surface area contributed by atoms with Crippen molar-refractivity contribution < 1.29 is 34.5 Å². The van der Waals surface area contributed by atoms with E-state index in [1.54, 1.807) is 0 Å². The average molecular weight is 322 g/mol. The van der Waals surface area contributed by atoms with Crippen LogP contribution in [0.25, 0.3) is 0 Å². The van der Waals surface area contributed by atoms with Crippen LogP contribution >= 0.6 is 0 Å². The van der Waals surface area contributed by atoms with Crippen LogP contribution in [0.15, 0.2) is 24.3 Å². The van der Waals surface area contributed by atoms with Gasteiger partial charge in [-0.15, -0.1) is 0 Å². The Morgan fingerprint density at radius 3 is 2.00 bits per heavy atom. The lowest BCUT2D eigenvalue weighted by Crippen LogP contribution is -2.50. The molecule has 1 fully saturated rings. The maximum atomic E-state index is 12.4. The Morgan fingerprint density at radius 1 is 1.04 bits per heavy atom. The topological polar surface area (TPSA) is 158 Å². The highest BCUT2D eigenvalue weighted by Gasteiger charge is 2.51. The van der Waals surface area contributed by atoms with E-state index in [1.807, 2.05) is 0 Å². The fourth-order valence-electron chi connectivity index (χ4n) is 2.44. The number of rotatable bonds is 4. The molecule has 0 radical (unpaired) electrons. The van der Waals surface area contributed by atoms with Gasteiger partial charge in [0.2, 0.25) is 0 Å². The minimum absolute atomic E-state index is 0.0311. The smallest absolute Gasteiger partial charge is 0.335 e. The molecule has 0 aromatic heterocycles. The molecule has 1 aromatic carbocycles. The molecule has 2 atom stereocenters. The van der Waals surface area contributed by atoms with E-state index in [2.05, 4.69) is 0 Å².